The maximum atomic E-state index is 12.0. The van der Waals surface area contributed by atoms with Gasteiger partial charge in [0.15, 0.2) is 5.76 Å². The van der Waals surface area contributed by atoms with E-state index < -0.39 is 10.0 Å². The fraction of sp³-hybridized carbons (Fsp3) is 0.600. The van der Waals surface area contributed by atoms with Gasteiger partial charge in [-0.3, -0.25) is 4.79 Å². The average Bonchev–Trinajstić information content (AvgIpc) is 2.65. The normalized spacial score (nSPS) is 11.5. The topological polar surface area (TPSA) is 111 Å². The van der Waals surface area contributed by atoms with Crippen LogP contribution in [-0.4, -0.2) is 46.3 Å². The van der Waals surface area contributed by atoms with Gasteiger partial charge in [0.25, 0.3) is 0 Å². The third-order valence-electron chi connectivity index (χ3n) is 2.25. The van der Waals surface area contributed by atoms with Crippen LogP contribution in [0.3, 0.4) is 0 Å². The van der Waals surface area contributed by atoms with E-state index in [1.54, 1.807) is 6.92 Å². The number of sulfonamides is 1. The fourth-order valence-corrected chi connectivity index (χ4v) is 2.86. The molecule has 8 nitrogen and oxygen atoms in total. The van der Waals surface area contributed by atoms with Crippen LogP contribution in [0.5, 0.6) is 0 Å². The lowest BCUT2D eigenvalue weighted by Crippen LogP contribution is -2.36. The summed E-state index contributed by atoms with van der Waals surface area (Å²) in [5.41, 5.74) is 0.299. The van der Waals surface area contributed by atoms with Crippen molar-refractivity contribution in [2.24, 2.45) is 0 Å². The first-order valence-corrected chi connectivity index (χ1v) is 7.05. The highest BCUT2D eigenvalue weighted by atomic mass is 32.2. The van der Waals surface area contributed by atoms with Crippen molar-refractivity contribution >= 4 is 15.9 Å². The predicted molar refractivity (Wildman–Crippen MR) is 66.1 cm³/mol. The molecular formula is C10H17N3O5S. The van der Waals surface area contributed by atoms with Crippen molar-refractivity contribution < 1.29 is 22.5 Å². The van der Waals surface area contributed by atoms with Crippen molar-refractivity contribution in [1.82, 2.24) is 15.2 Å². The number of carbonyl (C=O) groups excluding carboxylic acids is 1. The standard InChI is InChI=1S/C10H17N3O5S/c1-7-10(8(2)18-13-7)19(15,16)12-5-4-11-9(14)6-17-3/h12H,4-6H2,1-3H3,(H,11,14). The third-order valence-corrected chi connectivity index (χ3v) is 3.96. The minimum Gasteiger partial charge on any atom is -0.375 e. The molecule has 1 aromatic heterocycles. The molecule has 1 heterocycles. The van der Waals surface area contributed by atoms with Crippen LogP contribution < -0.4 is 10.0 Å². The van der Waals surface area contributed by atoms with E-state index in [1.165, 1.54) is 14.0 Å². The van der Waals surface area contributed by atoms with Gasteiger partial charge in [0.05, 0.1) is 0 Å². The number of aromatic nitrogens is 1. The van der Waals surface area contributed by atoms with Crippen LogP contribution >= 0.6 is 0 Å². The molecule has 0 aliphatic heterocycles. The lowest BCUT2D eigenvalue weighted by Gasteiger charge is -2.07. The zero-order chi connectivity index (χ0) is 14.5. The van der Waals surface area contributed by atoms with E-state index in [2.05, 4.69) is 19.9 Å². The molecule has 0 saturated heterocycles. The summed E-state index contributed by atoms with van der Waals surface area (Å²) in [7, 11) is -2.27. The van der Waals surface area contributed by atoms with Crippen LogP contribution in [0.25, 0.3) is 0 Å². The van der Waals surface area contributed by atoms with Crippen molar-refractivity contribution in [2.45, 2.75) is 18.7 Å². The minimum absolute atomic E-state index is 0.0377. The smallest absolute Gasteiger partial charge is 0.246 e. The third kappa shape index (κ3) is 4.30. The molecule has 9 heteroatoms. The maximum absolute atomic E-state index is 12.0. The Hall–Kier alpha value is -1.45. The second kappa shape index (κ2) is 6.64. The molecule has 0 unspecified atom stereocenters. The Morgan fingerprint density at radius 2 is 2.05 bits per heavy atom. The van der Waals surface area contributed by atoms with E-state index in [9.17, 15) is 13.2 Å². The van der Waals surface area contributed by atoms with Gasteiger partial charge in [0.1, 0.15) is 17.2 Å². The highest BCUT2D eigenvalue weighted by Crippen LogP contribution is 2.17. The van der Waals surface area contributed by atoms with Gasteiger partial charge in [-0.05, 0) is 13.8 Å². The molecule has 0 aliphatic carbocycles. The van der Waals surface area contributed by atoms with Gasteiger partial charge in [0, 0.05) is 20.2 Å². The predicted octanol–water partition coefficient (Wildman–Crippen LogP) is -0.668. The number of aryl methyl sites for hydroxylation is 2. The maximum Gasteiger partial charge on any atom is 0.246 e. The highest BCUT2D eigenvalue weighted by Gasteiger charge is 2.23. The molecule has 0 saturated carbocycles. The number of amides is 1. The van der Waals surface area contributed by atoms with Crippen LogP contribution in [0.4, 0.5) is 0 Å². The van der Waals surface area contributed by atoms with Crippen LogP contribution in [0.15, 0.2) is 9.42 Å². The number of hydrogen-bond donors (Lipinski definition) is 2. The summed E-state index contributed by atoms with van der Waals surface area (Å²) in [6.07, 6.45) is 0. The number of nitrogens with zero attached hydrogens (tertiary/aromatic N) is 1. The molecule has 0 radical (unpaired) electrons. The van der Waals surface area contributed by atoms with Crippen LogP contribution in [0, 0.1) is 13.8 Å². The second-order valence-corrected chi connectivity index (χ2v) is 5.54. The number of ether oxygens (including phenoxy) is 1. The minimum atomic E-state index is -3.68. The van der Waals surface area contributed by atoms with Crippen molar-refractivity contribution in [1.29, 1.82) is 0 Å². The second-order valence-electron chi connectivity index (χ2n) is 3.83. The Balaban J connectivity index is 2.51. The quantitative estimate of drug-likeness (QED) is 0.645. The van der Waals surface area contributed by atoms with Gasteiger partial charge < -0.3 is 14.6 Å². The molecule has 1 rings (SSSR count). The molecular weight excluding hydrogens is 274 g/mol. The summed E-state index contributed by atoms with van der Waals surface area (Å²) in [5, 5.41) is 6.08. The first kappa shape index (κ1) is 15.6. The Bertz CT molecular complexity index is 518. The summed E-state index contributed by atoms with van der Waals surface area (Å²) in [6.45, 7) is 3.25. The molecule has 108 valence electrons. The largest absolute Gasteiger partial charge is 0.375 e. The van der Waals surface area contributed by atoms with Gasteiger partial charge in [-0.15, -0.1) is 0 Å². The van der Waals surface area contributed by atoms with E-state index in [1.807, 2.05) is 0 Å². The number of carbonyl (C=O) groups is 1. The number of nitrogens with one attached hydrogen (secondary N) is 2. The molecule has 0 spiro atoms. The summed E-state index contributed by atoms with van der Waals surface area (Å²) >= 11 is 0. The molecule has 2 N–H and O–H groups in total. The lowest BCUT2D eigenvalue weighted by molar-refractivity contribution is -0.124. The first-order chi connectivity index (χ1) is 8.88. The molecule has 19 heavy (non-hydrogen) atoms. The number of hydrogen-bond acceptors (Lipinski definition) is 6. The van der Waals surface area contributed by atoms with Gasteiger partial charge >= 0.3 is 0 Å². The molecule has 0 fully saturated rings. The summed E-state index contributed by atoms with van der Waals surface area (Å²) in [6, 6.07) is 0. The van der Waals surface area contributed by atoms with E-state index in [4.69, 9.17) is 4.52 Å². The molecule has 1 amide bonds. The van der Waals surface area contributed by atoms with Crippen LogP contribution in [0.2, 0.25) is 0 Å². The van der Waals surface area contributed by atoms with E-state index in [0.717, 1.165) is 0 Å². The Kier molecular flexibility index (Phi) is 5.45. The number of rotatable bonds is 7. The average molecular weight is 291 g/mol. The Morgan fingerprint density at radius 3 is 2.58 bits per heavy atom. The molecule has 0 aliphatic rings. The Morgan fingerprint density at radius 1 is 1.37 bits per heavy atom. The molecule has 0 bridgehead atoms. The van der Waals surface area contributed by atoms with Crippen molar-refractivity contribution in [3.63, 3.8) is 0 Å². The monoisotopic (exact) mass is 291 g/mol. The first-order valence-electron chi connectivity index (χ1n) is 5.56. The molecule has 1 aromatic rings. The zero-order valence-corrected chi connectivity index (χ0v) is 11.8. The van der Waals surface area contributed by atoms with Gasteiger partial charge in [-0.25, -0.2) is 13.1 Å². The zero-order valence-electron chi connectivity index (χ0n) is 11.0. The summed E-state index contributed by atoms with van der Waals surface area (Å²) in [4.78, 5) is 11.1. The molecule has 0 atom stereocenters. The van der Waals surface area contributed by atoms with Crippen molar-refractivity contribution in [2.75, 3.05) is 26.8 Å². The van der Waals surface area contributed by atoms with Gasteiger partial charge in [-0.1, -0.05) is 5.16 Å². The SMILES string of the molecule is COCC(=O)NCCNS(=O)(=O)c1c(C)noc1C. The number of methoxy groups -OCH3 is 1. The van der Waals surface area contributed by atoms with E-state index in [-0.39, 0.29) is 36.3 Å². The van der Waals surface area contributed by atoms with Crippen molar-refractivity contribution in [3.05, 3.63) is 11.5 Å². The van der Waals surface area contributed by atoms with E-state index >= 15 is 0 Å². The summed E-state index contributed by atoms with van der Waals surface area (Å²) < 4.78 is 35.7. The van der Waals surface area contributed by atoms with E-state index in [0.29, 0.717) is 5.69 Å². The van der Waals surface area contributed by atoms with Crippen LogP contribution in [-0.2, 0) is 19.6 Å². The molecule has 0 aromatic carbocycles. The van der Waals surface area contributed by atoms with Gasteiger partial charge in [-0.2, -0.15) is 0 Å². The highest BCUT2D eigenvalue weighted by molar-refractivity contribution is 7.89. The Labute approximate surface area is 111 Å². The fourth-order valence-electron chi connectivity index (χ4n) is 1.50. The van der Waals surface area contributed by atoms with Crippen molar-refractivity contribution in [3.8, 4) is 0 Å². The van der Waals surface area contributed by atoms with Crippen LogP contribution in [0.1, 0.15) is 11.5 Å². The lowest BCUT2D eigenvalue weighted by atomic mass is 10.4. The van der Waals surface area contributed by atoms with Gasteiger partial charge in [0.2, 0.25) is 15.9 Å². The summed E-state index contributed by atoms with van der Waals surface area (Å²) in [5.74, 6) is -0.0764.